The van der Waals surface area contributed by atoms with Gasteiger partial charge in [0.1, 0.15) is 23.7 Å². The van der Waals surface area contributed by atoms with Crippen molar-refractivity contribution >= 4 is 40.4 Å². The molecule has 0 spiro atoms. The minimum absolute atomic E-state index is 0.236. The molecule has 0 saturated carbocycles. The molecule has 1 aliphatic heterocycles. The predicted octanol–water partition coefficient (Wildman–Crippen LogP) is 5.22. The van der Waals surface area contributed by atoms with Gasteiger partial charge in [0.05, 0.1) is 5.69 Å². The minimum Gasteiger partial charge on any atom is -0.489 e. The zero-order valence-corrected chi connectivity index (χ0v) is 18.4. The van der Waals surface area contributed by atoms with Gasteiger partial charge in [0.15, 0.2) is 0 Å². The number of para-hydroxylation sites is 1. The molecule has 4 aromatic carbocycles. The maximum Gasteiger partial charge on any atom is 0.336 e. The average molecular weight is 466 g/mol. The lowest BCUT2D eigenvalue weighted by molar-refractivity contribution is -0.122. The van der Waals surface area contributed by atoms with E-state index in [1.807, 2.05) is 42.5 Å². The Hall–Kier alpha value is -4.78. The summed E-state index contributed by atoms with van der Waals surface area (Å²) in [5.74, 6) is -1.98. The number of carbonyl (C=O) groups excluding carboxylic acids is 3. The van der Waals surface area contributed by atoms with E-state index in [1.165, 1.54) is 24.3 Å². The predicted molar refractivity (Wildman–Crippen MR) is 130 cm³/mol. The maximum atomic E-state index is 14.3. The number of anilines is 1. The number of urea groups is 1. The quantitative estimate of drug-likeness (QED) is 0.323. The number of imide groups is 2. The summed E-state index contributed by atoms with van der Waals surface area (Å²) in [6.07, 6.45) is 1.35. The SMILES string of the molecule is O=C1NC(=O)N(c2ccccc2F)C(=O)/C1=C/c1cccc(OCc2cccc3ccccc23)c1. The molecule has 0 aliphatic carbocycles. The average Bonchev–Trinajstić information content (AvgIpc) is 2.86. The normalized spacial score (nSPS) is 14.9. The Morgan fingerprint density at radius 2 is 1.60 bits per heavy atom. The van der Waals surface area contributed by atoms with Gasteiger partial charge >= 0.3 is 6.03 Å². The summed E-state index contributed by atoms with van der Waals surface area (Å²) in [5, 5.41) is 4.30. The number of nitrogens with zero attached hydrogens (tertiary/aromatic N) is 1. The fraction of sp³-hybridized carbons (Fsp3) is 0.0357. The largest absolute Gasteiger partial charge is 0.489 e. The van der Waals surface area contributed by atoms with Crippen LogP contribution in [0, 0.1) is 5.82 Å². The van der Waals surface area contributed by atoms with Crippen LogP contribution in [0.5, 0.6) is 5.75 Å². The van der Waals surface area contributed by atoms with Gasteiger partial charge in [-0.15, -0.1) is 0 Å². The Morgan fingerprint density at radius 3 is 2.46 bits per heavy atom. The molecule has 4 amide bonds. The zero-order valence-electron chi connectivity index (χ0n) is 18.4. The van der Waals surface area contributed by atoms with Crippen LogP contribution in [0.25, 0.3) is 16.8 Å². The number of ether oxygens (including phenoxy) is 1. The van der Waals surface area contributed by atoms with Crippen molar-refractivity contribution in [1.29, 1.82) is 0 Å². The highest BCUT2D eigenvalue weighted by atomic mass is 19.1. The molecule has 1 N–H and O–H groups in total. The first-order chi connectivity index (χ1) is 17.0. The zero-order chi connectivity index (χ0) is 24.4. The lowest BCUT2D eigenvalue weighted by Crippen LogP contribution is -2.54. The van der Waals surface area contributed by atoms with Gasteiger partial charge in [-0.3, -0.25) is 14.9 Å². The number of benzene rings is 4. The number of hydrogen-bond acceptors (Lipinski definition) is 4. The molecule has 1 saturated heterocycles. The second kappa shape index (κ2) is 9.23. The number of amides is 4. The number of halogens is 1. The third-order valence-electron chi connectivity index (χ3n) is 5.64. The van der Waals surface area contributed by atoms with Crippen molar-refractivity contribution in [3.05, 3.63) is 114 Å². The van der Waals surface area contributed by atoms with E-state index in [0.717, 1.165) is 22.4 Å². The first kappa shape index (κ1) is 22.0. The van der Waals surface area contributed by atoms with Crippen LogP contribution in [0.2, 0.25) is 0 Å². The van der Waals surface area contributed by atoms with E-state index in [4.69, 9.17) is 4.74 Å². The third kappa shape index (κ3) is 4.39. The first-order valence-electron chi connectivity index (χ1n) is 10.9. The molecule has 6 nitrogen and oxygen atoms in total. The Bertz CT molecular complexity index is 1510. The van der Waals surface area contributed by atoms with Crippen molar-refractivity contribution in [2.24, 2.45) is 0 Å². The van der Waals surface area contributed by atoms with Gasteiger partial charge in [0.2, 0.25) is 0 Å². The van der Waals surface area contributed by atoms with Crippen LogP contribution in [0.3, 0.4) is 0 Å². The third-order valence-corrected chi connectivity index (χ3v) is 5.64. The summed E-state index contributed by atoms with van der Waals surface area (Å²) < 4.78 is 20.2. The number of carbonyl (C=O) groups is 3. The topological polar surface area (TPSA) is 75.7 Å². The molecule has 1 heterocycles. The number of nitrogens with one attached hydrogen (secondary N) is 1. The highest BCUT2D eigenvalue weighted by molar-refractivity contribution is 6.39. The van der Waals surface area contributed by atoms with Crippen molar-refractivity contribution < 1.29 is 23.5 Å². The van der Waals surface area contributed by atoms with Crippen molar-refractivity contribution in [2.75, 3.05) is 4.90 Å². The maximum absolute atomic E-state index is 14.3. The van der Waals surface area contributed by atoms with Gasteiger partial charge in [-0.2, -0.15) is 0 Å². The van der Waals surface area contributed by atoms with Gasteiger partial charge in [-0.25, -0.2) is 14.1 Å². The second-order valence-corrected chi connectivity index (χ2v) is 7.91. The number of rotatable bonds is 5. The van der Waals surface area contributed by atoms with Gasteiger partial charge in [-0.05, 0) is 52.2 Å². The fourth-order valence-corrected chi connectivity index (χ4v) is 3.95. The lowest BCUT2D eigenvalue weighted by Gasteiger charge is -2.26. The summed E-state index contributed by atoms with van der Waals surface area (Å²) in [4.78, 5) is 38.3. The van der Waals surface area contributed by atoms with E-state index >= 15 is 0 Å². The second-order valence-electron chi connectivity index (χ2n) is 7.91. The van der Waals surface area contributed by atoms with E-state index < -0.39 is 23.7 Å². The molecule has 0 bridgehead atoms. The molecule has 172 valence electrons. The molecule has 1 aliphatic rings. The van der Waals surface area contributed by atoms with Crippen LogP contribution in [-0.4, -0.2) is 17.8 Å². The summed E-state index contributed by atoms with van der Waals surface area (Å²) in [6, 6.07) is 25.3. The molecule has 0 radical (unpaired) electrons. The Morgan fingerprint density at radius 1 is 0.857 bits per heavy atom. The van der Waals surface area contributed by atoms with E-state index in [1.54, 1.807) is 24.3 Å². The van der Waals surface area contributed by atoms with E-state index in [0.29, 0.717) is 22.8 Å². The van der Waals surface area contributed by atoms with Gasteiger partial charge in [0, 0.05) is 0 Å². The molecular weight excluding hydrogens is 447 g/mol. The van der Waals surface area contributed by atoms with E-state index in [2.05, 4.69) is 5.32 Å². The minimum atomic E-state index is -1.01. The first-order valence-corrected chi connectivity index (χ1v) is 10.9. The number of fused-ring (bicyclic) bond motifs is 1. The van der Waals surface area contributed by atoms with Gasteiger partial charge in [0.25, 0.3) is 11.8 Å². The molecule has 1 fully saturated rings. The summed E-state index contributed by atoms with van der Waals surface area (Å²) in [5.41, 5.74) is 1.01. The van der Waals surface area contributed by atoms with Crippen LogP contribution < -0.4 is 15.0 Å². The number of hydrogen-bond donors (Lipinski definition) is 1. The van der Waals surface area contributed by atoms with Crippen LogP contribution in [0.4, 0.5) is 14.9 Å². The van der Waals surface area contributed by atoms with Crippen molar-refractivity contribution in [3.8, 4) is 5.75 Å². The Labute approximate surface area is 200 Å². The molecule has 5 rings (SSSR count). The number of barbiturate groups is 1. The summed E-state index contributed by atoms with van der Waals surface area (Å²) in [7, 11) is 0. The molecule has 0 aromatic heterocycles. The molecule has 7 heteroatoms. The monoisotopic (exact) mass is 466 g/mol. The van der Waals surface area contributed by atoms with E-state index in [-0.39, 0.29) is 11.3 Å². The smallest absolute Gasteiger partial charge is 0.336 e. The molecular formula is C28H19FN2O4. The van der Waals surface area contributed by atoms with E-state index in [9.17, 15) is 18.8 Å². The summed E-state index contributed by atoms with van der Waals surface area (Å²) >= 11 is 0. The highest BCUT2D eigenvalue weighted by Crippen LogP contribution is 2.26. The Balaban J connectivity index is 1.40. The van der Waals surface area contributed by atoms with Gasteiger partial charge in [-0.1, -0.05) is 66.7 Å². The molecule has 35 heavy (non-hydrogen) atoms. The molecule has 0 atom stereocenters. The summed E-state index contributed by atoms with van der Waals surface area (Å²) in [6.45, 7) is 0.330. The highest BCUT2D eigenvalue weighted by Gasteiger charge is 2.37. The van der Waals surface area contributed by atoms with Crippen molar-refractivity contribution in [1.82, 2.24) is 5.32 Å². The lowest BCUT2D eigenvalue weighted by atomic mass is 10.1. The van der Waals surface area contributed by atoms with Crippen LogP contribution in [-0.2, 0) is 16.2 Å². The fourth-order valence-electron chi connectivity index (χ4n) is 3.95. The Kier molecular flexibility index (Phi) is 5.81. The van der Waals surface area contributed by atoms with Crippen molar-refractivity contribution in [3.63, 3.8) is 0 Å². The molecule has 0 unspecified atom stereocenters. The van der Waals surface area contributed by atoms with Crippen LogP contribution >= 0.6 is 0 Å². The molecule has 4 aromatic rings. The van der Waals surface area contributed by atoms with Crippen molar-refractivity contribution in [2.45, 2.75) is 6.61 Å². The standard InChI is InChI=1S/C28H19FN2O4/c29-24-13-3-4-14-25(24)31-27(33)23(26(32)30-28(31)34)16-18-7-5-11-21(15-18)35-17-20-10-6-9-19-8-1-2-12-22(19)20/h1-16H,17H2,(H,30,32,34)/b23-16+. The van der Waals surface area contributed by atoms with Crippen LogP contribution in [0.15, 0.2) is 96.6 Å². The van der Waals surface area contributed by atoms with Gasteiger partial charge < -0.3 is 4.74 Å². The van der Waals surface area contributed by atoms with Crippen LogP contribution in [0.1, 0.15) is 11.1 Å².